The smallest absolute Gasteiger partial charge is 0.317 e. The third-order valence-electron chi connectivity index (χ3n) is 3.09. The number of methoxy groups -OCH3 is 1. The molecule has 1 atom stereocenters. The molecule has 1 rings (SSSR count). The summed E-state index contributed by atoms with van der Waals surface area (Å²) in [7, 11) is 3.08. The zero-order valence-corrected chi connectivity index (χ0v) is 12.4. The van der Waals surface area contributed by atoms with E-state index in [4.69, 9.17) is 15.6 Å². The van der Waals surface area contributed by atoms with Gasteiger partial charge in [-0.3, -0.25) is 14.5 Å². The lowest BCUT2D eigenvalue weighted by Crippen LogP contribution is -2.43. The van der Waals surface area contributed by atoms with Crippen LogP contribution in [0, 0.1) is 0 Å². The first-order valence-corrected chi connectivity index (χ1v) is 6.55. The van der Waals surface area contributed by atoms with Gasteiger partial charge in [-0.15, -0.1) is 0 Å². The molecule has 0 aliphatic rings. The summed E-state index contributed by atoms with van der Waals surface area (Å²) in [6.45, 7) is 1.62. The summed E-state index contributed by atoms with van der Waals surface area (Å²) in [6.07, 6.45) is 0.493. The SMILES string of the molecule is CCC(C(=O)Nc1ccc(N)cc1OC)N(C)CC(=O)O. The number of carbonyl (C=O) groups is 2. The molecule has 0 aliphatic heterocycles. The number of carboxylic acid groups (broad SMARTS) is 1. The first-order chi connectivity index (χ1) is 9.88. The van der Waals surface area contributed by atoms with E-state index in [-0.39, 0.29) is 12.5 Å². The number of rotatable bonds is 7. The second-order valence-electron chi connectivity index (χ2n) is 4.68. The molecule has 0 spiro atoms. The van der Waals surface area contributed by atoms with Crippen LogP contribution in [0.5, 0.6) is 5.75 Å². The van der Waals surface area contributed by atoms with Crippen LogP contribution < -0.4 is 15.8 Å². The van der Waals surface area contributed by atoms with Gasteiger partial charge in [0.2, 0.25) is 5.91 Å². The zero-order chi connectivity index (χ0) is 16.0. The van der Waals surface area contributed by atoms with Crippen LogP contribution in [0.15, 0.2) is 18.2 Å². The van der Waals surface area contributed by atoms with Crippen molar-refractivity contribution in [3.05, 3.63) is 18.2 Å². The Bertz CT molecular complexity index is 519. The highest BCUT2D eigenvalue weighted by atomic mass is 16.5. The quantitative estimate of drug-likeness (QED) is 0.648. The molecule has 0 bridgehead atoms. The van der Waals surface area contributed by atoms with E-state index >= 15 is 0 Å². The van der Waals surface area contributed by atoms with Crippen molar-refractivity contribution in [3.8, 4) is 5.75 Å². The predicted molar refractivity (Wildman–Crippen MR) is 80.4 cm³/mol. The number of nitrogens with zero attached hydrogens (tertiary/aromatic N) is 1. The minimum atomic E-state index is -0.978. The van der Waals surface area contributed by atoms with Crippen LogP contribution in [0.25, 0.3) is 0 Å². The molecule has 0 aliphatic carbocycles. The predicted octanol–water partition coefficient (Wildman–Crippen LogP) is 1.01. The number of nitrogens with one attached hydrogen (secondary N) is 1. The highest BCUT2D eigenvalue weighted by Crippen LogP contribution is 2.27. The van der Waals surface area contributed by atoms with Gasteiger partial charge in [0.1, 0.15) is 5.75 Å². The lowest BCUT2D eigenvalue weighted by molar-refractivity contribution is -0.139. The Kier molecular flexibility index (Phi) is 5.98. The zero-order valence-electron chi connectivity index (χ0n) is 12.4. The summed E-state index contributed by atoms with van der Waals surface area (Å²) < 4.78 is 5.16. The van der Waals surface area contributed by atoms with E-state index < -0.39 is 12.0 Å². The summed E-state index contributed by atoms with van der Waals surface area (Å²) in [5.74, 6) is -0.808. The van der Waals surface area contributed by atoms with Gasteiger partial charge in [0.15, 0.2) is 0 Å². The van der Waals surface area contributed by atoms with Crippen LogP contribution in [-0.4, -0.2) is 48.6 Å². The number of amides is 1. The van der Waals surface area contributed by atoms with Crippen molar-refractivity contribution >= 4 is 23.3 Å². The van der Waals surface area contributed by atoms with Gasteiger partial charge in [0.25, 0.3) is 0 Å². The Labute approximate surface area is 123 Å². The van der Waals surface area contributed by atoms with Crippen molar-refractivity contribution in [1.29, 1.82) is 0 Å². The summed E-state index contributed by atoms with van der Waals surface area (Å²) in [5.41, 5.74) is 6.68. The summed E-state index contributed by atoms with van der Waals surface area (Å²) in [5, 5.41) is 11.5. The number of nitrogen functional groups attached to an aromatic ring is 1. The van der Waals surface area contributed by atoms with Crippen LogP contribution in [-0.2, 0) is 9.59 Å². The van der Waals surface area contributed by atoms with Crippen molar-refractivity contribution in [2.75, 3.05) is 31.8 Å². The maximum Gasteiger partial charge on any atom is 0.317 e. The van der Waals surface area contributed by atoms with Gasteiger partial charge >= 0.3 is 5.97 Å². The molecule has 116 valence electrons. The normalized spacial score (nSPS) is 12.0. The van der Waals surface area contributed by atoms with Crippen LogP contribution in [0.2, 0.25) is 0 Å². The number of benzene rings is 1. The molecular formula is C14H21N3O4. The fourth-order valence-electron chi connectivity index (χ4n) is 2.05. The molecule has 1 unspecified atom stereocenters. The van der Waals surface area contributed by atoms with Crippen molar-refractivity contribution < 1.29 is 19.4 Å². The Morgan fingerprint density at radius 3 is 2.67 bits per heavy atom. The number of carboxylic acids is 1. The van der Waals surface area contributed by atoms with Gasteiger partial charge in [-0.1, -0.05) is 6.92 Å². The molecule has 21 heavy (non-hydrogen) atoms. The lowest BCUT2D eigenvalue weighted by Gasteiger charge is -2.24. The van der Waals surface area contributed by atoms with E-state index in [1.807, 2.05) is 6.92 Å². The van der Waals surface area contributed by atoms with Crippen LogP contribution in [0.3, 0.4) is 0 Å². The van der Waals surface area contributed by atoms with E-state index in [1.165, 1.54) is 12.0 Å². The first kappa shape index (κ1) is 16.8. The number of carbonyl (C=O) groups excluding carboxylic acids is 1. The number of likely N-dealkylation sites (N-methyl/N-ethyl adjacent to an activating group) is 1. The van der Waals surface area contributed by atoms with Crippen molar-refractivity contribution in [3.63, 3.8) is 0 Å². The van der Waals surface area contributed by atoms with Gasteiger partial charge in [0, 0.05) is 11.8 Å². The van der Waals surface area contributed by atoms with Crippen LogP contribution >= 0.6 is 0 Å². The van der Waals surface area contributed by atoms with Crippen LogP contribution in [0.1, 0.15) is 13.3 Å². The second kappa shape index (κ2) is 7.49. The Morgan fingerprint density at radius 1 is 1.48 bits per heavy atom. The van der Waals surface area contributed by atoms with Gasteiger partial charge in [-0.05, 0) is 25.6 Å². The van der Waals surface area contributed by atoms with Gasteiger partial charge in [0.05, 0.1) is 25.4 Å². The van der Waals surface area contributed by atoms with Crippen molar-refractivity contribution in [2.24, 2.45) is 0 Å². The molecule has 0 saturated carbocycles. The third-order valence-corrected chi connectivity index (χ3v) is 3.09. The highest BCUT2D eigenvalue weighted by molar-refractivity contribution is 5.96. The Morgan fingerprint density at radius 2 is 2.14 bits per heavy atom. The molecule has 1 aromatic rings. The topological polar surface area (TPSA) is 105 Å². The molecule has 0 radical (unpaired) electrons. The fourth-order valence-corrected chi connectivity index (χ4v) is 2.05. The average molecular weight is 295 g/mol. The molecule has 0 fully saturated rings. The number of aliphatic carboxylic acids is 1. The van der Waals surface area contributed by atoms with Crippen molar-refractivity contribution in [1.82, 2.24) is 4.90 Å². The van der Waals surface area contributed by atoms with Gasteiger partial charge in [-0.25, -0.2) is 0 Å². The third kappa shape index (κ3) is 4.64. The Balaban J connectivity index is 2.85. The van der Waals surface area contributed by atoms with Gasteiger partial charge < -0.3 is 20.9 Å². The number of nitrogens with two attached hydrogens (primary N) is 1. The minimum Gasteiger partial charge on any atom is -0.494 e. The molecule has 7 heteroatoms. The average Bonchev–Trinajstić information content (AvgIpc) is 2.40. The highest BCUT2D eigenvalue weighted by Gasteiger charge is 2.23. The number of anilines is 2. The van der Waals surface area contributed by atoms with E-state index in [2.05, 4.69) is 5.32 Å². The maximum absolute atomic E-state index is 12.3. The number of hydrogen-bond donors (Lipinski definition) is 3. The monoisotopic (exact) mass is 295 g/mol. The molecule has 7 nitrogen and oxygen atoms in total. The molecule has 0 heterocycles. The largest absolute Gasteiger partial charge is 0.494 e. The second-order valence-corrected chi connectivity index (χ2v) is 4.68. The Hall–Kier alpha value is -2.28. The number of ether oxygens (including phenoxy) is 1. The molecule has 0 aromatic heterocycles. The summed E-state index contributed by atoms with van der Waals surface area (Å²) in [4.78, 5) is 24.5. The molecule has 0 saturated heterocycles. The van der Waals surface area contributed by atoms with Gasteiger partial charge in [-0.2, -0.15) is 0 Å². The fraction of sp³-hybridized carbons (Fsp3) is 0.429. The molecule has 1 amide bonds. The molecule has 4 N–H and O–H groups in total. The summed E-state index contributed by atoms with van der Waals surface area (Å²) >= 11 is 0. The standard InChI is InChI=1S/C14H21N3O4/c1-4-11(17(2)8-13(18)19)14(20)16-10-6-5-9(15)7-12(10)21-3/h5-7,11H,4,8,15H2,1-3H3,(H,16,20)(H,18,19). The van der Waals surface area contributed by atoms with E-state index in [0.29, 0.717) is 23.5 Å². The molecule has 1 aromatic carbocycles. The van der Waals surface area contributed by atoms with E-state index in [1.54, 1.807) is 25.2 Å². The first-order valence-electron chi connectivity index (χ1n) is 6.55. The minimum absolute atomic E-state index is 0.204. The van der Waals surface area contributed by atoms with Crippen LogP contribution in [0.4, 0.5) is 11.4 Å². The molecular weight excluding hydrogens is 274 g/mol. The summed E-state index contributed by atoms with van der Waals surface area (Å²) in [6, 6.07) is 4.37. The van der Waals surface area contributed by atoms with E-state index in [9.17, 15) is 9.59 Å². The maximum atomic E-state index is 12.3. The van der Waals surface area contributed by atoms with Crippen molar-refractivity contribution in [2.45, 2.75) is 19.4 Å². The lowest BCUT2D eigenvalue weighted by atomic mass is 10.1. The number of hydrogen-bond acceptors (Lipinski definition) is 5. The van der Waals surface area contributed by atoms with E-state index in [0.717, 1.165) is 0 Å².